The Morgan fingerprint density at radius 1 is 1.75 bits per heavy atom. The summed E-state index contributed by atoms with van der Waals surface area (Å²) in [7, 11) is 0. The van der Waals surface area contributed by atoms with Gasteiger partial charge in [0, 0.05) is 6.61 Å². The van der Waals surface area contributed by atoms with E-state index in [1.807, 2.05) is 0 Å². The maximum absolute atomic E-state index is 7.57. The molecule has 0 heterocycles. The first-order chi connectivity index (χ1) is 1.41. The average molecular weight is 62.1 g/mol. The van der Waals surface area contributed by atoms with E-state index in [0.717, 1.165) is 0 Å². The average Bonchev–Trinajstić information content (AvgIpc) is 0.918. The van der Waals surface area contributed by atoms with E-state index in [1.54, 1.807) is 6.92 Å². The van der Waals surface area contributed by atoms with Crippen molar-refractivity contribution in [3.05, 3.63) is 0 Å². The molecule has 0 radical (unpaired) electrons. The number of rotatable bonds is 0. The summed E-state index contributed by atoms with van der Waals surface area (Å²) in [5, 5.41) is 7.57. The lowest BCUT2D eigenvalue weighted by Gasteiger charge is -1.52. The lowest BCUT2D eigenvalue weighted by Crippen LogP contribution is -1.57. The van der Waals surface area contributed by atoms with Gasteiger partial charge >= 0.3 is 0 Å². The molecule has 1 heteroatoms. The van der Waals surface area contributed by atoms with Crippen molar-refractivity contribution in [1.82, 2.24) is 0 Å². The first-order valence-corrected chi connectivity index (χ1v) is 1.02. The molecule has 0 rings (SSSR count). The molecule has 0 aromatic heterocycles. The molecular formula is C3H10O. The minimum absolute atomic E-state index is 0. The second kappa shape index (κ2) is 12.3. The van der Waals surface area contributed by atoms with Crippen LogP contribution in [0.4, 0.5) is 0 Å². The van der Waals surface area contributed by atoms with Crippen LogP contribution in [-0.2, 0) is 0 Å². The van der Waals surface area contributed by atoms with Gasteiger partial charge in [-0.05, 0) is 6.92 Å². The molecule has 0 aromatic carbocycles. The van der Waals surface area contributed by atoms with Crippen LogP contribution in [0.3, 0.4) is 0 Å². The maximum atomic E-state index is 7.57. The molecule has 0 atom stereocenters. The molecule has 0 aliphatic heterocycles. The van der Waals surface area contributed by atoms with Crippen LogP contribution >= 0.6 is 0 Å². The van der Waals surface area contributed by atoms with Crippen LogP contribution in [0, 0.1) is 0 Å². The molecule has 0 saturated carbocycles. The van der Waals surface area contributed by atoms with Crippen molar-refractivity contribution in [3.8, 4) is 0 Å². The van der Waals surface area contributed by atoms with Gasteiger partial charge in [-0.15, -0.1) is 0 Å². The van der Waals surface area contributed by atoms with Crippen LogP contribution in [0.15, 0.2) is 0 Å². The third-order valence-electron chi connectivity index (χ3n) is 0. The summed E-state index contributed by atoms with van der Waals surface area (Å²) in [6.45, 7) is 1.93. The SMILES string of the molecule is C.CCO. The zero-order chi connectivity index (χ0) is 2.71. The number of aliphatic hydroxyl groups is 1. The molecule has 28 valence electrons. The van der Waals surface area contributed by atoms with Gasteiger partial charge in [-0.25, -0.2) is 0 Å². The summed E-state index contributed by atoms with van der Waals surface area (Å²) in [5.74, 6) is 0. The molecule has 0 spiro atoms. The lowest BCUT2D eigenvalue weighted by molar-refractivity contribution is 0.318. The normalized spacial score (nSPS) is 4.50. The Kier molecular flexibility index (Phi) is 27.9. The fourth-order valence-corrected chi connectivity index (χ4v) is 0. The first kappa shape index (κ1) is 9.03. The highest BCUT2D eigenvalue weighted by Crippen LogP contribution is 1.30. The van der Waals surface area contributed by atoms with Crippen molar-refractivity contribution < 1.29 is 5.11 Å². The Balaban J connectivity index is 0. The van der Waals surface area contributed by atoms with Crippen molar-refractivity contribution in [2.75, 3.05) is 6.61 Å². The van der Waals surface area contributed by atoms with Crippen LogP contribution in [0.1, 0.15) is 14.4 Å². The predicted molar refractivity (Wildman–Crippen MR) is 19.5 cm³/mol. The van der Waals surface area contributed by atoms with Crippen molar-refractivity contribution in [3.63, 3.8) is 0 Å². The fourth-order valence-electron chi connectivity index (χ4n) is 0. The van der Waals surface area contributed by atoms with Crippen LogP contribution in [0.25, 0.3) is 0 Å². The molecule has 0 aromatic rings. The molecule has 0 aliphatic carbocycles. The van der Waals surface area contributed by atoms with Crippen LogP contribution < -0.4 is 0 Å². The van der Waals surface area contributed by atoms with Gasteiger partial charge in [-0.2, -0.15) is 0 Å². The highest BCUT2D eigenvalue weighted by atomic mass is 16.2. The van der Waals surface area contributed by atoms with Crippen LogP contribution in [-0.4, -0.2) is 11.7 Å². The highest BCUT2D eigenvalue weighted by Gasteiger charge is 1.34. The molecule has 4 heavy (non-hydrogen) atoms. The lowest BCUT2D eigenvalue weighted by atomic mass is 10.9. The third kappa shape index (κ3) is 1130. The van der Waals surface area contributed by atoms with Gasteiger partial charge in [0.05, 0.1) is 0 Å². The summed E-state index contributed by atoms with van der Waals surface area (Å²) in [5.41, 5.74) is 0. The quantitative estimate of drug-likeness (QED) is 0.436. The minimum Gasteiger partial charge on any atom is -0.397 e. The van der Waals surface area contributed by atoms with E-state index >= 15 is 0 Å². The molecule has 1 nitrogen and oxygen atoms in total. The van der Waals surface area contributed by atoms with E-state index < -0.39 is 0 Å². The maximum Gasteiger partial charge on any atom is 0.0402 e. The molecule has 0 fully saturated rings. The second-order valence-electron chi connectivity index (χ2n) is 0.316. The minimum atomic E-state index is 0. The van der Waals surface area contributed by atoms with Crippen molar-refractivity contribution >= 4 is 0 Å². The Morgan fingerprint density at radius 3 is 1.75 bits per heavy atom. The molecule has 0 bridgehead atoms. The Hall–Kier alpha value is -0.0400. The van der Waals surface area contributed by atoms with E-state index in [4.69, 9.17) is 5.11 Å². The van der Waals surface area contributed by atoms with Gasteiger partial charge in [-0.3, -0.25) is 0 Å². The number of hydrogen-bond acceptors (Lipinski definition) is 1. The Morgan fingerprint density at radius 2 is 1.75 bits per heavy atom. The summed E-state index contributed by atoms with van der Waals surface area (Å²) < 4.78 is 0. The van der Waals surface area contributed by atoms with Crippen LogP contribution in [0.5, 0.6) is 0 Å². The zero-order valence-electron chi connectivity index (χ0n) is 2.15. The molecule has 1 N–H and O–H groups in total. The Bertz CT molecular complexity index is 3.25. The van der Waals surface area contributed by atoms with Crippen molar-refractivity contribution in [1.29, 1.82) is 0 Å². The van der Waals surface area contributed by atoms with Crippen LogP contribution in [0.2, 0.25) is 0 Å². The van der Waals surface area contributed by atoms with Gasteiger partial charge in [0.25, 0.3) is 0 Å². The third-order valence-corrected chi connectivity index (χ3v) is 0. The summed E-state index contributed by atoms with van der Waals surface area (Å²) >= 11 is 0. The fraction of sp³-hybridized carbons (Fsp3) is 1.00. The van der Waals surface area contributed by atoms with Gasteiger partial charge in [-0.1, -0.05) is 7.43 Å². The van der Waals surface area contributed by atoms with Gasteiger partial charge in [0.15, 0.2) is 0 Å². The summed E-state index contributed by atoms with van der Waals surface area (Å²) in [4.78, 5) is 0. The number of hydrogen-bond donors (Lipinski definition) is 1. The predicted octanol–water partition coefficient (Wildman–Crippen LogP) is 0.635. The van der Waals surface area contributed by atoms with Crippen molar-refractivity contribution in [2.45, 2.75) is 14.4 Å². The van der Waals surface area contributed by atoms with Gasteiger partial charge in [0.2, 0.25) is 0 Å². The molecule has 0 amide bonds. The van der Waals surface area contributed by atoms with E-state index in [0.29, 0.717) is 0 Å². The van der Waals surface area contributed by atoms with Gasteiger partial charge < -0.3 is 5.11 Å². The molecular weight excluding hydrogens is 52.0 g/mol. The van der Waals surface area contributed by atoms with E-state index in [9.17, 15) is 0 Å². The molecule has 0 unspecified atom stereocenters. The van der Waals surface area contributed by atoms with Gasteiger partial charge in [0.1, 0.15) is 0 Å². The highest BCUT2D eigenvalue weighted by molar-refractivity contribution is 3.84. The Labute approximate surface area is 27.3 Å². The topological polar surface area (TPSA) is 20.2 Å². The monoisotopic (exact) mass is 62.1 g/mol. The molecule has 0 saturated heterocycles. The summed E-state index contributed by atoms with van der Waals surface area (Å²) in [6.07, 6.45) is 0. The first-order valence-electron chi connectivity index (χ1n) is 1.02. The summed E-state index contributed by atoms with van der Waals surface area (Å²) in [6, 6.07) is 0. The second-order valence-corrected chi connectivity index (χ2v) is 0.316. The van der Waals surface area contributed by atoms with Crippen molar-refractivity contribution in [2.24, 2.45) is 0 Å². The smallest absolute Gasteiger partial charge is 0.0402 e. The largest absolute Gasteiger partial charge is 0.397 e. The standard InChI is InChI=1S/C2H6O.CH4/c1-2-3;/h3H,2H2,1H3;1H4. The van der Waals surface area contributed by atoms with E-state index in [1.165, 1.54) is 0 Å². The number of aliphatic hydroxyl groups excluding tert-OH is 1. The van der Waals surface area contributed by atoms with E-state index in [2.05, 4.69) is 0 Å². The zero-order valence-corrected chi connectivity index (χ0v) is 2.15. The molecule has 0 aliphatic rings. The van der Waals surface area contributed by atoms with E-state index in [-0.39, 0.29) is 14.0 Å².